The number of rotatable bonds is 5. The number of nitrogens with zero attached hydrogens (tertiary/aromatic N) is 3. The smallest absolute Gasteiger partial charge is 0.398 e. The number of halogens is 5. The number of hydrogen-bond donors (Lipinski definition) is 3. The molecule has 186 valence electrons. The fourth-order valence-electron chi connectivity index (χ4n) is 3.94. The van der Waals surface area contributed by atoms with Crippen LogP contribution >= 0.6 is 0 Å². The second-order valence-electron chi connectivity index (χ2n) is 9.06. The van der Waals surface area contributed by atoms with E-state index in [-0.39, 0.29) is 60.9 Å². The zero-order valence-electron chi connectivity index (χ0n) is 18.3. The van der Waals surface area contributed by atoms with Crippen molar-refractivity contribution in [2.45, 2.75) is 31.4 Å². The van der Waals surface area contributed by atoms with Crippen molar-refractivity contribution in [3.63, 3.8) is 0 Å². The van der Waals surface area contributed by atoms with E-state index >= 15 is 0 Å². The van der Waals surface area contributed by atoms with Crippen LogP contribution in [0, 0.1) is 17.0 Å². The molecule has 35 heavy (non-hydrogen) atoms. The van der Waals surface area contributed by atoms with Crippen LogP contribution in [0.15, 0.2) is 29.6 Å². The van der Waals surface area contributed by atoms with Crippen LogP contribution in [-0.4, -0.2) is 52.0 Å². The third kappa shape index (κ3) is 4.03. The third-order valence-electron chi connectivity index (χ3n) is 6.23. The van der Waals surface area contributed by atoms with E-state index < -0.39 is 40.3 Å². The van der Waals surface area contributed by atoms with E-state index in [0.717, 1.165) is 18.5 Å². The number of alkyl halides is 3. The summed E-state index contributed by atoms with van der Waals surface area (Å²) >= 11 is 0. The van der Waals surface area contributed by atoms with Gasteiger partial charge in [0.1, 0.15) is 18.6 Å². The molecule has 8 nitrogen and oxygen atoms in total. The number of aliphatic imine (C=N–C) groups is 1. The van der Waals surface area contributed by atoms with Crippen LogP contribution in [0.5, 0.6) is 11.6 Å². The monoisotopic (exact) mass is 497 g/mol. The number of aromatic nitrogens is 3. The second-order valence-corrected chi connectivity index (χ2v) is 9.06. The Hall–Kier alpha value is -3.48. The molecule has 1 aliphatic carbocycles. The summed E-state index contributed by atoms with van der Waals surface area (Å²) < 4.78 is 81.6. The third-order valence-corrected chi connectivity index (χ3v) is 6.23. The van der Waals surface area contributed by atoms with Crippen LogP contribution in [0.2, 0.25) is 0 Å². The van der Waals surface area contributed by atoms with Crippen LogP contribution < -0.4 is 10.1 Å². The van der Waals surface area contributed by atoms with Gasteiger partial charge in [-0.25, -0.2) is 23.7 Å². The molecule has 5 rings (SSSR count). The molecule has 1 unspecified atom stereocenters. The van der Waals surface area contributed by atoms with E-state index in [9.17, 15) is 27.1 Å². The first-order valence-corrected chi connectivity index (χ1v) is 10.7. The molecule has 2 aromatic heterocycles. The van der Waals surface area contributed by atoms with Crippen molar-refractivity contribution in [2.75, 3.05) is 25.1 Å². The van der Waals surface area contributed by atoms with Gasteiger partial charge in [0.15, 0.2) is 11.6 Å². The Morgan fingerprint density at radius 1 is 1.20 bits per heavy atom. The first-order chi connectivity index (χ1) is 16.6. The van der Waals surface area contributed by atoms with Gasteiger partial charge in [0.05, 0.1) is 24.0 Å². The molecule has 1 saturated carbocycles. The summed E-state index contributed by atoms with van der Waals surface area (Å²) in [5.41, 5.74) is -2.72. The summed E-state index contributed by atoms with van der Waals surface area (Å²) in [7, 11) is 0. The lowest BCUT2D eigenvalue weighted by molar-refractivity contribution is -0.160. The Labute approximate surface area is 195 Å². The Kier molecular flexibility index (Phi) is 5.34. The molecule has 0 radical (unpaired) electrons. The molecule has 0 bridgehead atoms. The van der Waals surface area contributed by atoms with Gasteiger partial charge in [-0.15, -0.1) is 0 Å². The first kappa shape index (κ1) is 23.3. The Bertz CT molecular complexity index is 1300. The highest BCUT2D eigenvalue weighted by atomic mass is 19.4. The van der Waals surface area contributed by atoms with E-state index in [1.54, 1.807) is 6.92 Å². The van der Waals surface area contributed by atoms with Crippen molar-refractivity contribution in [1.29, 1.82) is 0 Å². The zero-order valence-corrected chi connectivity index (χ0v) is 18.3. The molecule has 1 atom stereocenters. The number of ether oxygens (including phenoxy) is 2. The predicted octanol–water partition coefficient (Wildman–Crippen LogP) is 4.42. The average molecular weight is 497 g/mol. The van der Waals surface area contributed by atoms with Crippen LogP contribution in [0.4, 0.5) is 27.6 Å². The number of aromatic amines is 1. The highest BCUT2D eigenvalue weighted by molar-refractivity contribution is 5.90. The van der Waals surface area contributed by atoms with Gasteiger partial charge < -0.3 is 24.9 Å². The average Bonchev–Trinajstić information content (AvgIpc) is 3.51. The number of fused-ring (bicyclic) bond motifs is 1. The SMILES string of the molecule is CC1(CO)CN=C(Nc2cc(F)c(Oc3ncnc4[nH]cc(C5(C(F)(F)F)CC5)c34)c(F)c2)OC1. The topological polar surface area (TPSA) is 105 Å². The largest absolute Gasteiger partial charge is 0.464 e. The van der Waals surface area contributed by atoms with Crippen molar-refractivity contribution < 1.29 is 36.5 Å². The summed E-state index contributed by atoms with van der Waals surface area (Å²) in [5.74, 6) is -3.47. The number of hydrogen-bond acceptors (Lipinski definition) is 7. The molecule has 0 amide bonds. The maximum Gasteiger partial charge on any atom is 0.398 e. The molecule has 1 aliphatic heterocycles. The predicted molar refractivity (Wildman–Crippen MR) is 114 cm³/mol. The van der Waals surface area contributed by atoms with Gasteiger partial charge in [-0.2, -0.15) is 13.2 Å². The van der Waals surface area contributed by atoms with Crippen LogP contribution in [0.25, 0.3) is 11.0 Å². The summed E-state index contributed by atoms with van der Waals surface area (Å²) in [4.78, 5) is 14.5. The maximum absolute atomic E-state index is 14.8. The molecular formula is C22H20F5N5O3. The van der Waals surface area contributed by atoms with Crippen LogP contribution in [-0.2, 0) is 10.2 Å². The molecule has 0 spiro atoms. The molecular weight excluding hydrogens is 477 g/mol. The van der Waals surface area contributed by atoms with Crippen molar-refractivity contribution in [3.05, 3.63) is 41.9 Å². The number of benzene rings is 1. The van der Waals surface area contributed by atoms with E-state index in [4.69, 9.17) is 9.47 Å². The fraction of sp³-hybridized carbons (Fsp3) is 0.409. The minimum Gasteiger partial charge on any atom is -0.464 e. The molecule has 0 saturated heterocycles. The molecule has 3 N–H and O–H groups in total. The molecule has 13 heteroatoms. The van der Waals surface area contributed by atoms with E-state index in [0.29, 0.717) is 0 Å². The van der Waals surface area contributed by atoms with Gasteiger partial charge in [-0.05, 0) is 18.4 Å². The lowest BCUT2D eigenvalue weighted by Crippen LogP contribution is -2.38. The fourth-order valence-corrected chi connectivity index (χ4v) is 3.94. The lowest BCUT2D eigenvalue weighted by atomic mass is 9.93. The summed E-state index contributed by atoms with van der Waals surface area (Å²) in [5, 5.41) is 11.9. The lowest BCUT2D eigenvalue weighted by Gasteiger charge is -2.30. The highest BCUT2D eigenvalue weighted by Crippen LogP contribution is 2.60. The first-order valence-electron chi connectivity index (χ1n) is 10.7. The molecule has 3 heterocycles. The summed E-state index contributed by atoms with van der Waals surface area (Å²) in [6, 6.07) is 1.89. The number of aliphatic hydroxyl groups excluding tert-OH is 1. The Morgan fingerprint density at radius 3 is 2.49 bits per heavy atom. The second kappa shape index (κ2) is 8.04. The van der Waals surface area contributed by atoms with Crippen LogP contribution in [0.1, 0.15) is 25.3 Å². The number of H-pyrrole nitrogens is 1. The van der Waals surface area contributed by atoms with Gasteiger partial charge in [0.2, 0.25) is 11.6 Å². The number of nitrogens with one attached hydrogen (secondary N) is 2. The van der Waals surface area contributed by atoms with Crippen molar-refractivity contribution in [1.82, 2.24) is 15.0 Å². The Balaban J connectivity index is 1.44. The quantitative estimate of drug-likeness (QED) is 0.451. The maximum atomic E-state index is 14.8. The van der Waals surface area contributed by atoms with Crippen molar-refractivity contribution >= 4 is 22.7 Å². The summed E-state index contributed by atoms with van der Waals surface area (Å²) in [6.45, 7) is 2.05. The highest BCUT2D eigenvalue weighted by Gasteiger charge is 2.65. The Morgan fingerprint density at radius 2 is 1.91 bits per heavy atom. The van der Waals surface area contributed by atoms with Gasteiger partial charge in [-0.1, -0.05) is 6.92 Å². The standard InChI is InChI=1S/C22H20F5N5O3/c1-20(8-33)7-29-19(34-9-20)32-11-4-13(23)16(14(24)5-11)35-18-15-12(6-28-17(15)30-10-31-18)21(2-3-21)22(25,26)27/h4-6,10,33H,2-3,7-9H2,1H3,(H,29,32)(H,28,30,31). The number of anilines is 1. The van der Waals surface area contributed by atoms with E-state index in [1.807, 2.05) is 0 Å². The van der Waals surface area contributed by atoms with E-state index in [1.165, 1.54) is 6.20 Å². The van der Waals surface area contributed by atoms with Gasteiger partial charge in [0, 0.05) is 29.4 Å². The van der Waals surface area contributed by atoms with Crippen LogP contribution in [0.3, 0.4) is 0 Å². The van der Waals surface area contributed by atoms with Crippen molar-refractivity contribution in [3.8, 4) is 11.6 Å². The molecule has 3 aromatic rings. The molecule has 2 aliphatic rings. The van der Waals surface area contributed by atoms with Gasteiger partial charge in [-0.3, -0.25) is 0 Å². The van der Waals surface area contributed by atoms with Crippen molar-refractivity contribution in [2.24, 2.45) is 10.4 Å². The normalized spacial score (nSPS) is 21.4. The van der Waals surface area contributed by atoms with Gasteiger partial charge in [0.25, 0.3) is 6.02 Å². The minimum absolute atomic E-state index is 0.0251. The zero-order chi connectivity index (χ0) is 25.0. The molecule has 1 fully saturated rings. The molecule has 1 aromatic carbocycles. The minimum atomic E-state index is -4.52. The van der Waals surface area contributed by atoms with E-state index in [2.05, 4.69) is 25.3 Å². The number of amidine groups is 1. The van der Waals surface area contributed by atoms with Gasteiger partial charge >= 0.3 is 6.18 Å². The summed E-state index contributed by atoms with van der Waals surface area (Å²) in [6.07, 6.45) is -2.55. The number of aliphatic hydroxyl groups is 1.